The zero-order valence-corrected chi connectivity index (χ0v) is 14.4. The highest BCUT2D eigenvalue weighted by Gasteiger charge is 2.35. The first-order chi connectivity index (χ1) is 11.7. The number of halogens is 3. The normalized spacial score (nSPS) is 16.8. The van der Waals surface area contributed by atoms with Crippen LogP contribution in [0.2, 0.25) is 0 Å². The highest BCUT2D eigenvalue weighted by molar-refractivity contribution is 5.85. The fourth-order valence-electron chi connectivity index (χ4n) is 2.82. The smallest absolute Gasteiger partial charge is 0.354 e. The number of amides is 2. The van der Waals surface area contributed by atoms with Crippen LogP contribution in [-0.4, -0.2) is 46.1 Å². The molecule has 1 unspecified atom stereocenters. The van der Waals surface area contributed by atoms with Crippen LogP contribution in [0.15, 0.2) is 6.07 Å². The van der Waals surface area contributed by atoms with Crippen molar-refractivity contribution in [1.82, 2.24) is 20.0 Å². The highest BCUT2D eigenvalue weighted by Crippen LogP contribution is 2.30. The summed E-state index contributed by atoms with van der Waals surface area (Å²) in [5.41, 5.74) is -0.491. The first-order valence-electron chi connectivity index (χ1n) is 8.33. The number of hydrogen-bond donors (Lipinski definition) is 1. The zero-order valence-electron chi connectivity index (χ0n) is 14.4. The topological polar surface area (TPSA) is 67.2 Å². The number of nitrogens with zero attached hydrogens (tertiary/aromatic N) is 3. The van der Waals surface area contributed by atoms with Crippen LogP contribution in [0.4, 0.5) is 13.2 Å². The lowest BCUT2D eigenvalue weighted by atomic mass is 10.1. The Labute approximate surface area is 144 Å². The molecule has 1 aromatic heterocycles. The van der Waals surface area contributed by atoms with Gasteiger partial charge in [-0.15, -0.1) is 0 Å². The molecule has 6 nitrogen and oxygen atoms in total. The molecular weight excluding hydrogens is 337 g/mol. The van der Waals surface area contributed by atoms with E-state index < -0.39 is 11.9 Å². The maximum absolute atomic E-state index is 13.0. The monoisotopic (exact) mass is 360 g/mol. The summed E-state index contributed by atoms with van der Waals surface area (Å²) in [5.74, 6) is -0.563. The first kappa shape index (κ1) is 19.3. The molecule has 1 aliphatic rings. The largest absolute Gasteiger partial charge is 0.433 e. The van der Waals surface area contributed by atoms with Crippen molar-refractivity contribution in [2.24, 2.45) is 5.92 Å². The van der Waals surface area contributed by atoms with Gasteiger partial charge < -0.3 is 10.2 Å². The summed E-state index contributed by atoms with van der Waals surface area (Å²) in [6.07, 6.45) is -2.27. The first-order valence-corrected chi connectivity index (χ1v) is 8.33. The van der Waals surface area contributed by atoms with Gasteiger partial charge in [0.2, 0.25) is 11.8 Å². The summed E-state index contributed by atoms with van der Waals surface area (Å²) in [6, 6.07) is 1.01. The highest BCUT2D eigenvalue weighted by atomic mass is 19.4. The summed E-state index contributed by atoms with van der Waals surface area (Å²) >= 11 is 0. The van der Waals surface area contributed by atoms with Gasteiger partial charge in [0.25, 0.3) is 0 Å². The van der Waals surface area contributed by atoms with Gasteiger partial charge in [0, 0.05) is 26.1 Å². The second-order valence-electron chi connectivity index (χ2n) is 6.53. The second-order valence-corrected chi connectivity index (χ2v) is 6.53. The molecule has 0 bridgehead atoms. The van der Waals surface area contributed by atoms with Gasteiger partial charge in [-0.1, -0.05) is 6.92 Å². The summed E-state index contributed by atoms with van der Waals surface area (Å²) in [4.78, 5) is 25.1. The predicted octanol–water partition coefficient (Wildman–Crippen LogP) is 1.98. The predicted molar refractivity (Wildman–Crippen MR) is 84.6 cm³/mol. The molecule has 140 valence electrons. The zero-order chi connectivity index (χ0) is 18.6. The third-order valence-corrected chi connectivity index (χ3v) is 4.08. The van der Waals surface area contributed by atoms with Gasteiger partial charge in [0.05, 0.1) is 12.2 Å². The van der Waals surface area contributed by atoms with E-state index in [0.29, 0.717) is 18.7 Å². The minimum Gasteiger partial charge on any atom is -0.354 e. The SMILES string of the molecule is Cc1cc(C(F)(F)F)n(CC(C)CNC(=O)CN2CCCCC2=O)n1. The van der Waals surface area contributed by atoms with Crippen molar-refractivity contribution >= 4 is 11.8 Å². The lowest BCUT2D eigenvalue weighted by Gasteiger charge is -2.26. The lowest BCUT2D eigenvalue weighted by molar-refractivity contribution is -0.144. The second kappa shape index (κ2) is 7.88. The number of carbonyl (C=O) groups excluding carboxylic acids is 2. The Morgan fingerprint density at radius 1 is 1.40 bits per heavy atom. The Morgan fingerprint density at radius 2 is 2.12 bits per heavy atom. The van der Waals surface area contributed by atoms with Crippen LogP contribution < -0.4 is 5.32 Å². The third-order valence-electron chi connectivity index (χ3n) is 4.08. The molecular formula is C16H23F3N4O2. The quantitative estimate of drug-likeness (QED) is 0.844. The number of nitrogens with one attached hydrogen (secondary N) is 1. The molecule has 1 atom stereocenters. The van der Waals surface area contributed by atoms with Crippen LogP contribution in [0, 0.1) is 12.8 Å². The number of likely N-dealkylation sites (tertiary alicyclic amines) is 1. The standard InChI is InChI=1S/C16H23F3N4O2/c1-11(9-23-13(16(17,18)19)7-12(2)21-23)8-20-14(24)10-22-6-4-3-5-15(22)25/h7,11H,3-6,8-10H2,1-2H3,(H,20,24). The molecule has 25 heavy (non-hydrogen) atoms. The minimum absolute atomic E-state index is 0.000231. The van der Waals surface area contributed by atoms with E-state index >= 15 is 0 Å². The molecule has 2 rings (SSSR count). The molecule has 9 heteroatoms. The Bertz CT molecular complexity index is 627. The van der Waals surface area contributed by atoms with E-state index in [1.54, 1.807) is 6.92 Å². The van der Waals surface area contributed by atoms with E-state index in [1.165, 1.54) is 11.8 Å². The fraction of sp³-hybridized carbons (Fsp3) is 0.688. The molecule has 0 aliphatic carbocycles. The van der Waals surface area contributed by atoms with E-state index in [4.69, 9.17) is 0 Å². The number of piperidine rings is 1. The van der Waals surface area contributed by atoms with E-state index in [-0.39, 0.29) is 37.4 Å². The van der Waals surface area contributed by atoms with Gasteiger partial charge in [-0.2, -0.15) is 18.3 Å². The van der Waals surface area contributed by atoms with Crippen LogP contribution in [0.25, 0.3) is 0 Å². The lowest BCUT2D eigenvalue weighted by Crippen LogP contribution is -2.44. The average molecular weight is 360 g/mol. The van der Waals surface area contributed by atoms with Gasteiger partial charge in [0.15, 0.2) is 0 Å². The molecule has 0 aromatic carbocycles. The van der Waals surface area contributed by atoms with Crippen LogP contribution >= 0.6 is 0 Å². The van der Waals surface area contributed by atoms with Crippen molar-refractivity contribution < 1.29 is 22.8 Å². The van der Waals surface area contributed by atoms with Gasteiger partial charge >= 0.3 is 6.18 Å². The minimum atomic E-state index is -4.46. The molecule has 1 N–H and O–H groups in total. The van der Waals surface area contributed by atoms with E-state index in [9.17, 15) is 22.8 Å². The van der Waals surface area contributed by atoms with Crippen LogP contribution in [0.5, 0.6) is 0 Å². The Kier molecular flexibility index (Phi) is 6.07. The molecule has 1 aliphatic heterocycles. The van der Waals surface area contributed by atoms with Crippen molar-refractivity contribution in [1.29, 1.82) is 0 Å². The third kappa shape index (κ3) is 5.47. The van der Waals surface area contributed by atoms with Crippen molar-refractivity contribution in [3.63, 3.8) is 0 Å². The van der Waals surface area contributed by atoms with Gasteiger partial charge in [-0.25, -0.2) is 0 Å². The van der Waals surface area contributed by atoms with E-state index in [0.717, 1.165) is 23.6 Å². The molecule has 1 aromatic rings. The number of aromatic nitrogens is 2. The maximum atomic E-state index is 13.0. The van der Waals surface area contributed by atoms with Gasteiger partial charge in [-0.05, 0) is 31.7 Å². The molecule has 1 saturated heterocycles. The molecule has 1 fully saturated rings. The van der Waals surface area contributed by atoms with E-state index in [2.05, 4.69) is 10.4 Å². The van der Waals surface area contributed by atoms with Crippen LogP contribution in [-0.2, 0) is 22.3 Å². The Balaban J connectivity index is 1.83. The van der Waals surface area contributed by atoms with Crippen LogP contribution in [0.3, 0.4) is 0 Å². The number of hydrogen-bond acceptors (Lipinski definition) is 3. The van der Waals surface area contributed by atoms with Crippen molar-refractivity contribution in [2.75, 3.05) is 19.6 Å². The fourth-order valence-corrected chi connectivity index (χ4v) is 2.82. The summed E-state index contributed by atoms with van der Waals surface area (Å²) in [6.45, 7) is 4.09. The van der Waals surface area contributed by atoms with E-state index in [1.807, 2.05) is 0 Å². The molecule has 0 saturated carbocycles. The summed E-state index contributed by atoms with van der Waals surface area (Å²) in [5, 5.41) is 6.56. The number of alkyl halides is 3. The van der Waals surface area contributed by atoms with Crippen molar-refractivity contribution in [2.45, 2.75) is 45.8 Å². The molecule has 0 spiro atoms. The van der Waals surface area contributed by atoms with Crippen LogP contribution in [0.1, 0.15) is 37.6 Å². The summed E-state index contributed by atoms with van der Waals surface area (Å²) in [7, 11) is 0. The summed E-state index contributed by atoms with van der Waals surface area (Å²) < 4.78 is 39.8. The maximum Gasteiger partial charge on any atom is 0.433 e. The molecule has 0 radical (unpaired) electrons. The number of rotatable bonds is 6. The average Bonchev–Trinajstić information content (AvgIpc) is 2.88. The Hall–Kier alpha value is -2.06. The number of carbonyl (C=O) groups is 2. The van der Waals surface area contributed by atoms with Crippen molar-refractivity contribution in [3.8, 4) is 0 Å². The Morgan fingerprint density at radius 3 is 2.76 bits per heavy atom. The van der Waals surface area contributed by atoms with Crippen molar-refractivity contribution in [3.05, 3.63) is 17.5 Å². The number of aryl methyl sites for hydroxylation is 1. The molecule has 2 heterocycles. The van der Waals surface area contributed by atoms with Gasteiger partial charge in [-0.3, -0.25) is 14.3 Å². The van der Waals surface area contributed by atoms with Gasteiger partial charge in [0.1, 0.15) is 5.69 Å². The molecule has 2 amide bonds.